The first kappa shape index (κ1) is 10.7. The number of rotatable bonds is 5. The molecule has 0 fully saturated rings. The lowest BCUT2D eigenvalue weighted by atomic mass is 10.7. The Kier molecular flexibility index (Phi) is 5.15. The van der Waals surface area contributed by atoms with Gasteiger partial charge in [0, 0.05) is 0 Å². The Hall–Kier alpha value is -0.350. The van der Waals surface area contributed by atoms with Crippen LogP contribution in [0.25, 0.3) is 0 Å². The highest BCUT2D eigenvalue weighted by molar-refractivity contribution is 7.46. The largest absolute Gasteiger partial charge is 0.499 e. The van der Waals surface area contributed by atoms with E-state index in [4.69, 9.17) is 14.5 Å². The van der Waals surface area contributed by atoms with Gasteiger partial charge in [-0.05, 0) is 6.92 Å². The Bertz CT molecular complexity index is 160. The molecule has 0 heterocycles. The second kappa shape index (κ2) is 5.32. The van der Waals surface area contributed by atoms with Crippen LogP contribution in [0, 0.1) is 0 Å². The first-order chi connectivity index (χ1) is 5.06. The molecule has 0 radical (unpaired) electrons. The fourth-order valence-corrected chi connectivity index (χ4v) is 0.681. The van der Waals surface area contributed by atoms with Crippen molar-refractivity contribution >= 4 is 7.82 Å². The van der Waals surface area contributed by atoms with Gasteiger partial charge < -0.3 is 14.5 Å². The molecule has 0 unspecified atom stereocenters. The van der Waals surface area contributed by atoms with Crippen LogP contribution in [0.1, 0.15) is 6.92 Å². The zero-order chi connectivity index (χ0) is 8.74. The van der Waals surface area contributed by atoms with Gasteiger partial charge in [-0.1, -0.05) is 6.08 Å². The molecule has 0 saturated heterocycles. The quantitative estimate of drug-likeness (QED) is 0.370. The molecule has 0 saturated carbocycles. The molecule has 6 heteroatoms. The number of hydrogen-bond acceptors (Lipinski definition) is 3. The Morgan fingerprint density at radius 3 is 2.55 bits per heavy atom. The van der Waals surface area contributed by atoms with E-state index in [1.807, 2.05) is 0 Å². The predicted molar refractivity (Wildman–Crippen MR) is 38.8 cm³/mol. The number of allylic oxidation sites excluding steroid dienone is 1. The summed E-state index contributed by atoms with van der Waals surface area (Å²) in [5.41, 5.74) is 0. The van der Waals surface area contributed by atoms with Crippen molar-refractivity contribution in [1.82, 2.24) is 0 Å². The van der Waals surface area contributed by atoms with Gasteiger partial charge in [-0.3, -0.25) is 4.52 Å². The molecule has 11 heavy (non-hydrogen) atoms. The molecule has 0 spiro atoms. The fraction of sp³-hybridized carbons (Fsp3) is 0.600. The van der Waals surface area contributed by atoms with Crippen molar-refractivity contribution in [2.45, 2.75) is 6.92 Å². The molecule has 0 aromatic carbocycles. The smallest absolute Gasteiger partial charge is 0.469 e. The van der Waals surface area contributed by atoms with Crippen molar-refractivity contribution in [1.29, 1.82) is 0 Å². The molecule has 0 aliphatic heterocycles. The van der Waals surface area contributed by atoms with Crippen LogP contribution in [0.4, 0.5) is 0 Å². The summed E-state index contributed by atoms with van der Waals surface area (Å²) in [5, 5.41) is 0. The van der Waals surface area contributed by atoms with Gasteiger partial charge in [0.1, 0.15) is 6.61 Å². The zero-order valence-corrected chi connectivity index (χ0v) is 7.03. The van der Waals surface area contributed by atoms with Crippen molar-refractivity contribution < 1.29 is 23.6 Å². The standard InChI is InChI=1S/C5H11O5P/c1-2-3-9-4-5-10-11(6,7)8/h2-3H,4-5H2,1H3,(H2,6,7,8). The van der Waals surface area contributed by atoms with E-state index in [9.17, 15) is 4.57 Å². The lowest BCUT2D eigenvalue weighted by molar-refractivity contribution is 0.140. The summed E-state index contributed by atoms with van der Waals surface area (Å²) < 4.78 is 18.9. The van der Waals surface area contributed by atoms with Crippen LogP contribution >= 0.6 is 7.82 Å². The third-order valence-electron chi connectivity index (χ3n) is 0.693. The SMILES string of the molecule is CC=COCCOP(=O)(O)O. The number of hydrogen-bond donors (Lipinski definition) is 2. The molecule has 0 bridgehead atoms. The van der Waals surface area contributed by atoms with Gasteiger partial charge in [-0.15, -0.1) is 0 Å². The summed E-state index contributed by atoms with van der Waals surface area (Å²) in [5.74, 6) is 0. The predicted octanol–water partition coefficient (Wildman–Crippen LogP) is 0.646. The van der Waals surface area contributed by atoms with Crippen molar-refractivity contribution in [3.8, 4) is 0 Å². The van der Waals surface area contributed by atoms with E-state index in [0.29, 0.717) is 0 Å². The summed E-state index contributed by atoms with van der Waals surface area (Å²) >= 11 is 0. The van der Waals surface area contributed by atoms with Gasteiger partial charge in [-0.2, -0.15) is 0 Å². The summed E-state index contributed by atoms with van der Waals surface area (Å²) in [4.78, 5) is 16.4. The number of ether oxygens (including phenoxy) is 1. The fourth-order valence-electron chi connectivity index (χ4n) is 0.369. The second-order valence-electron chi connectivity index (χ2n) is 1.66. The van der Waals surface area contributed by atoms with Crippen molar-refractivity contribution in [3.63, 3.8) is 0 Å². The van der Waals surface area contributed by atoms with Gasteiger partial charge in [0.25, 0.3) is 0 Å². The molecule has 0 rings (SSSR count). The monoisotopic (exact) mass is 182 g/mol. The normalized spacial score (nSPS) is 12.3. The zero-order valence-electron chi connectivity index (χ0n) is 6.14. The summed E-state index contributed by atoms with van der Waals surface area (Å²) in [6, 6.07) is 0. The van der Waals surface area contributed by atoms with Gasteiger partial charge in [0.2, 0.25) is 0 Å². The lowest BCUT2D eigenvalue weighted by Crippen LogP contribution is -1.98. The summed E-state index contributed by atoms with van der Waals surface area (Å²) in [6.45, 7) is 1.79. The van der Waals surface area contributed by atoms with E-state index >= 15 is 0 Å². The third kappa shape index (κ3) is 9.65. The molecule has 0 atom stereocenters. The summed E-state index contributed by atoms with van der Waals surface area (Å²) in [6.07, 6.45) is 3.08. The van der Waals surface area contributed by atoms with Crippen LogP contribution in [0.5, 0.6) is 0 Å². The topological polar surface area (TPSA) is 76.0 Å². The van der Waals surface area contributed by atoms with Crippen LogP contribution in [0.2, 0.25) is 0 Å². The van der Waals surface area contributed by atoms with Crippen LogP contribution < -0.4 is 0 Å². The summed E-state index contributed by atoms with van der Waals surface area (Å²) in [7, 11) is -4.32. The molecule has 0 aromatic rings. The second-order valence-corrected chi connectivity index (χ2v) is 2.90. The van der Waals surface area contributed by atoms with Gasteiger partial charge in [-0.25, -0.2) is 4.57 Å². The van der Waals surface area contributed by atoms with E-state index < -0.39 is 7.82 Å². The molecule has 0 aliphatic rings. The van der Waals surface area contributed by atoms with Crippen LogP contribution in [-0.2, 0) is 13.8 Å². The Labute approximate surface area is 64.9 Å². The maximum Gasteiger partial charge on any atom is 0.469 e. The molecule has 5 nitrogen and oxygen atoms in total. The van der Waals surface area contributed by atoms with Gasteiger partial charge in [0.05, 0.1) is 12.9 Å². The molecular formula is C5H11O5P. The first-order valence-electron chi connectivity index (χ1n) is 2.99. The Morgan fingerprint density at radius 2 is 2.09 bits per heavy atom. The highest BCUT2D eigenvalue weighted by atomic mass is 31.2. The molecule has 0 aliphatic carbocycles. The van der Waals surface area contributed by atoms with Gasteiger partial charge >= 0.3 is 7.82 Å². The Balaban J connectivity index is 3.22. The van der Waals surface area contributed by atoms with Crippen molar-refractivity contribution in [2.24, 2.45) is 0 Å². The van der Waals surface area contributed by atoms with E-state index in [2.05, 4.69) is 4.52 Å². The molecule has 0 aromatic heterocycles. The van der Waals surface area contributed by atoms with Crippen molar-refractivity contribution in [3.05, 3.63) is 12.3 Å². The van der Waals surface area contributed by atoms with Crippen LogP contribution in [0.3, 0.4) is 0 Å². The van der Waals surface area contributed by atoms with E-state index in [1.165, 1.54) is 6.26 Å². The first-order valence-corrected chi connectivity index (χ1v) is 4.52. The third-order valence-corrected chi connectivity index (χ3v) is 1.21. The molecule has 66 valence electrons. The van der Waals surface area contributed by atoms with Crippen molar-refractivity contribution in [2.75, 3.05) is 13.2 Å². The highest BCUT2D eigenvalue weighted by Crippen LogP contribution is 2.35. The maximum absolute atomic E-state index is 10.1. The highest BCUT2D eigenvalue weighted by Gasteiger charge is 2.12. The van der Waals surface area contributed by atoms with E-state index in [-0.39, 0.29) is 13.2 Å². The van der Waals surface area contributed by atoms with Crippen LogP contribution in [0.15, 0.2) is 12.3 Å². The minimum absolute atomic E-state index is 0.116. The minimum Gasteiger partial charge on any atom is -0.499 e. The molecule has 0 amide bonds. The maximum atomic E-state index is 10.1. The Morgan fingerprint density at radius 1 is 1.45 bits per heavy atom. The minimum atomic E-state index is -4.32. The van der Waals surface area contributed by atoms with Gasteiger partial charge in [0.15, 0.2) is 0 Å². The molecule has 2 N–H and O–H groups in total. The van der Waals surface area contributed by atoms with E-state index in [1.54, 1.807) is 13.0 Å². The van der Waals surface area contributed by atoms with E-state index in [0.717, 1.165) is 0 Å². The molecular weight excluding hydrogens is 171 g/mol. The average Bonchev–Trinajstić information content (AvgIpc) is 1.85. The lowest BCUT2D eigenvalue weighted by Gasteiger charge is -2.03. The average molecular weight is 182 g/mol. The van der Waals surface area contributed by atoms with Crippen LogP contribution in [-0.4, -0.2) is 23.0 Å². The number of phosphoric acid groups is 1. The number of phosphoric ester groups is 1.